The number of fused-ring (bicyclic) bond motifs is 2. The number of benzene rings is 1. The van der Waals surface area contributed by atoms with Gasteiger partial charge in [0.15, 0.2) is 5.82 Å². The summed E-state index contributed by atoms with van der Waals surface area (Å²) in [5.74, 6) is -0.622. The van der Waals surface area contributed by atoms with Gasteiger partial charge in [0.2, 0.25) is 0 Å². The molecule has 1 aliphatic carbocycles. The number of aromatic nitrogens is 2. The summed E-state index contributed by atoms with van der Waals surface area (Å²) in [4.78, 5) is 48.9. The molecule has 3 N–H and O–H groups in total. The van der Waals surface area contributed by atoms with Crippen LogP contribution < -0.4 is 15.5 Å². The van der Waals surface area contributed by atoms with Crippen molar-refractivity contribution in [1.29, 1.82) is 0 Å². The van der Waals surface area contributed by atoms with Gasteiger partial charge in [-0.2, -0.15) is 0 Å². The Kier molecular flexibility index (Phi) is 8.82. The number of aryl methyl sites for hydroxylation is 1. The smallest absolute Gasteiger partial charge is 0.414 e. The molecule has 3 amide bonds. The maximum Gasteiger partial charge on any atom is 0.414 e. The number of halogens is 1. The van der Waals surface area contributed by atoms with E-state index in [4.69, 9.17) is 14.2 Å². The second-order valence-electron chi connectivity index (χ2n) is 13.6. The maximum atomic E-state index is 16.6. The second kappa shape index (κ2) is 12.3. The number of anilines is 3. The van der Waals surface area contributed by atoms with Gasteiger partial charge in [0.05, 0.1) is 23.2 Å². The summed E-state index contributed by atoms with van der Waals surface area (Å²) >= 11 is 0. The molecule has 246 valence electrons. The highest BCUT2D eigenvalue weighted by molar-refractivity contribution is 6.04. The third-order valence-electron chi connectivity index (χ3n) is 7.51. The van der Waals surface area contributed by atoms with E-state index in [9.17, 15) is 19.5 Å². The lowest BCUT2D eigenvalue weighted by Crippen LogP contribution is -2.40. The highest BCUT2D eigenvalue weighted by Crippen LogP contribution is 2.41. The van der Waals surface area contributed by atoms with Gasteiger partial charge in [0.25, 0.3) is 0 Å². The Hall–Kier alpha value is -4.52. The Morgan fingerprint density at radius 1 is 0.957 bits per heavy atom. The van der Waals surface area contributed by atoms with Gasteiger partial charge in [-0.05, 0) is 84.4 Å². The number of nitrogens with zero attached hydrogens (tertiary/aromatic N) is 3. The van der Waals surface area contributed by atoms with E-state index in [1.165, 1.54) is 17.2 Å². The van der Waals surface area contributed by atoms with Crippen LogP contribution >= 0.6 is 0 Å². The van der Waals surface area contributed by atoms with Crippen LogP contribution in [-0.2, 0) is 20.6 Å². The first kappa shape index (κ1) is 32.9. The van der Waals surface area contributed by atoms with Crippen molar-refractivity contribution < 1.29 is 38.1 Å². The minimum atomic E-state index is -0.866. The molecule has 1 fully saturated rings. The molecule has 0 saturated heterocycles. The third-order valence-corrected chi connectivity index (χ3v) is 7.51. The van der Waals surface area contributed by atoms with Gasteiger partial charge in [0, 0.05) is 48.3 Å². The van der Waals surface area contributed by atoms with Gasteiger partial charge in [-0.3, -0.25) is 20.5 Å². The number of carbonyl (C=O) groups is 3. The molecule has 0 atom stereocenters. The minimum absolute atomic E-state index is 0.101. The molecule has 5 rings (SSSR count). The van der Waals surface area contributed by atoms with Crippen molar-refractivity contribution in [3.8, 4) is 11.1 Å². The van der Waals surface area contributed by atoms with E-state index in [-0.39, 0.29) is 28.6 Å². The van der Waals surface area contributed by atoms with Gasteiger partial charge < -0.3 is 19.3 Å². The molecule has 3 heterocycles. The van der Waals surface area contributed by atoms with E-state index in [0.717, 1.165) is 0 Å². The van der Waals surface area contributed by atoms with Crippen molar-refractivity contribution >= 4 is 46.2 Å². The molecule has 1 saturated carbocycles. The minimum Gasteiger partial charge on any atom is -0.446 e. The van der Waals surface area contributed by atoms with E-state index in [0.29, 0.717) is 60.1 Å². The first-order valence-electron chi connectivity index (χ1n) is 15.3. The molecule has 1 aromatic carbocycles. The average molecular weight is 638 g/mol. The van der Waals surface area contributed by atoms with Gasteiger partial charge >= 0.3 is 18.3 Å². The first-order chi connectivity index (χ1) is 21.5. The molecule has 13 heteroatoms. The van der Waals surface area contributed by atoms with Crippen LogP contribution in [0, 0.1) is 12.7 Å². The number of aliphatic hydroxyl groups excluding tert-OH is 1. The molecule has 0 radical (unpaired) electrons. The van der Waals surface area contributed by atoms with E-state index in [1.54, 1.807) is 60.7 Å². The Morgan fingerprint density at radius 2 is 1.65 bits per heavy atom. The van der Waals surface area contributed by atoms with Crippen molar-refractivity contribution in [2.75, 3.05) is 22.1 Å². The summed E-state index contributed by atoms with van der Waals surface area (Å²) in [6.45, 7) is 12.6. The lowest BCUT2D eigenvalue weighted by Gasteiger charge is -2.33. The maximum absolute atomic E-state index is 16.6. The number of carbonyl (C=O) groups excluding carboxylic acids is 3. The average Bonchev–Trinajstić information content (AvgIpc) is 2.92. The fraction of sp³-hybridized carbons (Fsp3) is 0.485. The fourth-order valence-corrected chi connectivity index (χ4v) is 5.46. The predicted molar refractivity (Wildman–Crippen MR) is 171 cm³/mol. The van der Waals surface area contributed by atoms with Crippen LogP contribution in [-0.4, -0.2) is 63.3 Å². The molecule has 3 aromatic rings. The van der Waals surface area contributed by atoms with E-state index in [2.05, 4.69) is 20.6 Å². The molecule has 2 aliphatic rings. The SMILES string of the molecule is Cc1c(-c2cc3cc(NC(=O)O[C@H]4C[C@@H](O)C4)ncc3c(NC(=O)OC(C)(C)C)c2F)cnc2c1N(C(=O)OC(C)(C)C)CCC2. The zero-order valence-corrected chi connectivity index (χ0v) is 27.1. The molecule has 46 heavy (non-hydrogen) atoms. The molecular formula is C33H40FN5O7. The summed E-state index contributed by atoms with van der Waals surface area (Å²) in [6.07, 6.45) is 1.94. The van der Waals surface area contributed by atoms with Crippen molar-refractivity contribution in [3.63, 3.8) is 0 Å². The Labute approximate surface area is 266 Å². The van der Waals surface area contributed by atoms with Gasteiger partial charge in [0.1, 0.15) is 23.1 Å². The number of rotatable bonds is 4. The largest absolute Gasteiger partial charge is 0.446 e. The van der Waals surface area contributed by atoms with Crippen LogP contribution in [0.4, 0.5) is 36.0 Å². The topological polar surface area (TPSA) is 152 Å². The van der Waals surface area contributed by atoms with Crippen molar-refractivity contribution in [3.05, 3.63) is 41.6 Å². The number of pyridine rings is 2. The molecule has 0 bridgehead atoms. The van der Waals surface area contributed by atoms with E-state index < -0.39 is 41.4 Å². The van der Waals surface area contributed by atoms with Crippen LogP contribution in [0.2, 0.25) is 0 Å². The Balaban J connectivity index is 1.59. The van der Waals surface area contributed by atoms with Crippen LogP contribution in [0.3, 0.4) is 0 Å². The Morgan fingerprint density at radius 3 is 2.30 bits per heavy atom. The summed E-state index contributed by atoms with van der Waals surface area (Å²) < 4.78 is 32.9. The molecule has 0 unspecified atom stereocenters. The standard InChI is InChI=1S/C33H40FN5O7/c1-17-22(15-35-24-9-8-10-39(28(17)24)31(43)46-33(5,6)7)21-11-18-12-25(37-29(41)44-20-13-19(40)14-20)36-16-23(18)27(26(21)34)38-30(42)45-32(2,3)4/h11-12,15-16,19-20,40H,8-10,13-14H2,1-7H3,(H,38,42)(H,36,37,41)/t19-,20+. The monoisotopic (exact) mass is 637 g/mol. The molecule has 0 spiro atoms. The van der Waals surface area contributed by atoms with Crippen LogP contribution in [0.1, 0.15) is 72.1 Å². The zero-order chi connectivity index (χ0) is 33.6. The Bertz CT molecular complexity index is 1690. The predicted octanol–water partition coefficient (Wildman–Crippen LogP) is 6.85. The number of hydrogen-bond donors (Lipinski definition) is 3. The van der Waals surface area contributed by atoms with Crippen molar-refractivity contribution in [1.82, 2.24) is 9.97 Å². The van der Waals surface area contributed by atoms with Gasteiger partial charge in [-0.1, -0.05) is 0 Å². The van der Waals surface area contributed by atoms with Gasteiger partial charge in [-0.15, -0.1) is 0 Å². The molecule has 1 aliphatic heterocycles. The number of nitrogens with one attached hydrogen (secondary N) is 2. The third kappa shape index (κ3) is 7.30. The number of amides is 3. The number of hydrogen-bond acceptors (Lipinski definition) is 9. The first-order valence-corrected chi connectivity index (χ1v) is 15.3. The van der Waals surface area contributed by atoms with Crippen LogP contribution in [0.15, 0.2) is 24.5 Å². The summed E-state index contributed by atoms with van der Waals surface area (Å²) in [6, 6.07) is 3.10. The molecule has 2 aromatic heterocycles. The van der Waals surface area contributed by atoms with Crippen LogP contribution in [0.25, 0.3) is 21.9 Å². The summed E-state index contributed by atoms with van der Waals surface area (Å²) in [7, 11) is 0. The second-order valence-corrected chi connectivity index (χ2v) is 13.6. The van der Waals surface area contributed by atoms with Crippen molar-refractivity contribution in [2.24, 2.45) is 0 Å². The van der Waals surface area contributed by atoms with Crippen molar-refractivity contribution in [2.45, 2.75) is 97.6 Å². The number of ether oxygens (including phenoxy) is 3. The lowest BCUT2D eigenvalue weighted by atomic mass is 9.92. The highest BCUT2D eigenvalue weighted by atomic mass is 19.1. The van der Waals surface area contributed by atoms with E-state index >= 15 is 4.39 Å². The fourth-order valence-electron chi connectivity index (χ4n) is 5.46. The van der Waals surface area contributed by atoms with Gasteiger partial charge in [-0.25, -0.2) is 23.8 Å². The van der Waals surface area contributed by atoms with E-state index in [1.807, 2.05) is 0 Å². The summed E-state index contributed by atoms with van der Waals surface area (Å²) in [5, 5.41) is 15.3. The van der Waals surface area contributed by atoms with Crippen LogP contribution in [0.5, 0.6) is 0 Å². The highest BCUT2D eigenvalue weighted by Gasteiger charge is 2.32. The quantitative estimate of drug-likeness (QED) is 0.261. The summed E-state index contributed by atoms with van der Waals surface area (Å²) in [5.41, 5.74) is 0.624. The molecular weight excluding hydrogens is 597 g/mol. The zero-order valence-electron chi connectivity index (χ0n) is 27.1. The lowest BCUT2D eigenvalue weighted by molar-refractivity contribution is -0.0308. The number of aliphatic hydroxyl groups is 1. The molecule has 12 nitrogen and oxygen atoms in total. The normalized spacial score (nSPS) is 17.9.